The van der Waals surface area contributed by atoms with Crippen LogP contribution in [0.2, 0.25) is 0 Å². The summed E-state index contributed by atoms with van der Waals surface area (Å²) in [6.07, 6.45) is 4.63. The van der Waals surface area contributed by atoms with Gasteiger partial charge in [-0.15, -0.1) is 0 Å². The second-order valence-corrected chi connectivity index (χ2v) is 8.25. The van der Waals surface area contributed by atoms with Crippen molar-refractivity contribution in [2.45, 2.75) is 56.4 Å². The van der Waals surface area contributed by atoms with Gasteiger partial charge in [-0.25, -0.2) is 4.39 Å². The predicted octanol–water partition coefficient (Wildman–Crippen LogP) is 2.42. The number of alkyl halides is 1. The Bertz CT molecular complexity index is 612. The first kappa shape index (κ1) is 21.4. The molecule has 156 valence electrons. The fraction of sp³-hybridized carbons (Fsp3) is 0.682. The van der Waals surface area contributed by atoms with Gasteiger partial charge in [0.05, 0.1) is 6.04 Å². The van der Waals surface area contributed by atoms with E-state index in [-0.39, 0.29) is 17.7 Å². The maximum absolute atomic E-state index is 15.1. The minimum absolute atomic E-state index is 0.0267. The minimum atomic E-state index is -1.12. The van der Waals surface area contributed by atoms with Crippen molar-refractivity contribution in [3.63, 3.8) is 0 Å². The number of Topliss-reactive ketones (excluding diaryl/α,β-unsaturated/α-hetero) is 1. The topological polar surface area (TPSA) is 61.6 Å². The van der Waals surface area contributed by atoms with Crippen LogP contribution in [0.15, 0.2) is 30.3 Å². The van der Waals surface area contributed by atoms with Crippen LogP contribution in [-0.4, -0.2) is 73.2 Å². The normalized spacial score (nSPS) is 23.2. The molecule has 2 atom stereocenters. The summed E-state index contributed by atoms with van der Waals surface area (Å²) in [5.74, 6) is -0.0487. The summed E-state index contributed by atoms with van der Waals surface area (Å²) in [6.45, 7) is 4.27. The van der Waals surface area contributed by atoms with Crippen molar-refractivity contribution in [1.29, 1.82) is 0 Å². The molecule has 28 heavy (non-hydrogen) atoms. The third-order valence-corrected chi connectivity index (χ3v) is 6.69. The lowest BCUT2D eigenvalue weighted by Gasteiger charge is -2.50. The third-order valence-electron chi connectivity index (χ3n) is 6.69. The Morgan fingerprint density at radius 3 is 2.36 bits per heavy atom. The van der Waals surface area contributed by atoms with Crippen molar-refractivity contribution < 1.29 is 9.18 Å². The first-order valence-corrected chi connectivity index (χ1v) is 10.7. The van der Waals surface area contributed by atoms with Gasteiger partial charge < -0.3 is 11.1 Å². The molecule has 2 fully saturated rings. The number of nitrogens with two attached hydrogens (primary N) is 1. The standard InChI is InChI=1S/C22H35FN4O/c1-25-19(21(28)18-8-4-2-5-9-18)16-20(23)26-14-10-22(17-24,11-15-26)27-12-6-3-7-13-27/h2,4-5,8-9,19-20,25H,3,6-7,10-17,24H2,1H3. The minimum Gasteiger partial charge on any atom is -0.329 e. The number of likely N-dealkylation sites (tertiary alicyclic amines) is 2. The van der Waals surface area contributed by atoms with E-state index in [1.54, 1.807) is 19.2 Å². The van der Waals surface area contributed by atoms with Gasteiger partial charge in [-0.3, -0.25) is 14.6 Å². The summed E-state index contributed by atoms with van der Waals surface area (Å²) < 4.78 is 15.1. The quantitative estimate of drug-likeness (QED) is 0.527. The van der Waals surface area contributed by atoms with Gasteiger partial charge in [-0.05, 0) is 45.8 Å². The number of piperidine rings is 2. The Hall–Kier alpha value is -1.34. The van der Waals surface area contributed by atoms with Gasteiger partial charge in [-0.1, -0.05) is 36.8 Å². The van der Waals surface area contributed by atoms with Gasteiger partial charge in [0.1, 0.15) is 0 Å². The number of benzene rings is 1. The second kappa shape index (κ2) is 9.92. The van der Waals surface area contributed by atoms with E-state index >= 15 is 4.39 Å². The molecule has 1 aromatic rings. The van der Waals surface area contributed by atoms with Gasteiger partial charge in [0.25, 0.3) is 0 Å². The molecule has 0 radical (unpaired) electrons. The molecular formula is C22H35FN4O. The molecule has 2 aliphatic rings. The Labute approximate surface area is 168 Å². The highest BCUT2D eigenvalue weighted by atomic mass is 19.1. The average Bonchev–Trinajstić information content (AvgIpc) is 2.78. The van der Waals surface area contributed by atoms with Gasteiger partial charge in [-0.2, -0.15) is 0 Å². The number of carbonyl (C=O) groups is 1. The summed E-state index contributed by atoms with van der Waals surface area (Å²) in [7, 11) is 1.73. The monoisotopic (exact) mass is 390 g/mol. The number of rotatable bonds is 8. The van der Waals surface area contributed by atoms with Crippen LogP contribution in [0.4, 0.5) is 4.39 Å². The Balaban J connectivity index is 1.56. The van der Waals surface area contributed by atoms with E-state index in [9.17, 15) is 4.79 Å². The summed E-state index contributed by atoms with van der Waals surface area (Å²) in [5, 5.41) is 3.00. The maximum atomic E-state index is 15.1. The number of nitrogens with zero attached hydrogens (tertiary/aromatic N) is 2. The number of likely N-dealkylation sites (N-methyl/N-ethyl adjacent to an activating group) is 1. The van der Waals surface area contributed by atoms with Crippen LogP contribution in [0.1, 0.15) is 48.9 Å². The smallest absolute Gasteiger partial charge is 0.179 e. The summed E-state index contributed by atoms with van der Waals surface area (Å²) in [5.41, 5.74) is 6.84. The number of hydrogen-bond donors (Lipinski definition) is 2. The molecule has 0 aliphatic carbocycles. The summed E-state index contributed by atoms with van der Waals surface area (Å²) in [4.78, 5) is 17.1. The third kappa shape index (κ3) is 4.79. The fourth-order valence-corrected chi connectivity index (χ4v) is 4.74. The Kier molecular flexibility index (Phi) is 7.57. The number of halogens is 1. The zero-order valence-electron chi connectivity index (χ0n) is 17.1. The molecule has 0 spiro atoms. The SMILES string of the molecule is CNC(CC(F)N1CCC(CN)(N2CCCCC2)CC1)C(=O)c1ccccc1. The second-order valence-electron chi connectivity index (χ2n) is 8.25. The highest BCUT2D eigenvalue weighted by molar-refractivity contribution is 6.00. The van der Waals surface area contributed by atoms with Crippen molar-refractivity contribution in [1.82, 2.24) is 15.1 Å². The first-order chi connectivity index (χ1) is 13.6. The van der Waals surface area contributed by atoms with E-state index < -0.39 is 12.3 Å². The van der Waals surface area contributed by atoms with E-state index in [2.05, 4.69) is 10.2 Å². The van der Waals surface area contributed by atoms with Crippen molar-refractivity contribution >= 4 is 5.78 Å². The van der Waals surface area contributed by atoms with Crippen LogP contribution in [0, 0.1) is 0 Å². The molecule has 2 heterocycles. The van der Waals surface area contributed by atoms with E-state index in [0.717, 1.165) is 25.9 Å². The first-order valence-electron chi connectivity index (χ1n) is 10.7. The summed E-state index contributed by atoms with van der Waals surface area (Å²) in [6, 6.07) is 8.61. The van der Waals surface area contributed by atoms with Gasteiger partial charge in [0.2, 0.25) is 0 Å². The molecule has 5 nitrogen and oxygen atoms in total. The molecule has 0 bridgehead atoms. The van der Waals surface area contributed by atoms with Crippen molar-refractivity contribution in [2.24, 2.45) is 5.73 Å². The van der Waals surface area contributed by atoms with Crippen molar-refractivity contribution in [2.75, 3.05) is 39.8 Å². The van der Waals surface area contributed by atoms with Gasteiger partial charge in [0, 0.05) is 37.2 Å². The molecule has 3 rings (SSSR count). The van der Waals surface area contributed by atoms with Crippen molar-refractivity contribution in [3.8, 4) is 0 Å². The lowest BCUT2D eigenvalue weighted by atomic mass is 9.84. The van der Waals surface area contributed by atoms with E-state index in [4.69, 9.17) is 5.73 Å². The fourth-order valence-electron chi connectivity index (χ4n) is 4.74. The summed E-state index contributed by atoms with van der Waals surface area (Å²) >= 11 is 0. The van der Waals surface area contributed by atoms with E-state index in [0.29, 0.717) is 25.2 Å². The van der Waals surface area contributed by atoms with Crippen molar-refractivity contribution in [3.05, 3.63) is 35.9 Å². The molecule has 6 heteroatoms. The Morgan fingerprint density at radius 2 is 1.79 bits per heavy atom. The molecule has 0 amide bonds. The molecule has 0 saturated carbocycles. The molecular weight excluding hydrogens is 355 g/mol. The molecule has 1 aromatic carbocycles. The number of nitrogens with one attached hydrogen (secondary N) is 1. The average molecular weight is 391 g/mol. The molecule has 3 N–H and O–H groups in total. The van der Waals surface area contributed by atoms with Crippen LogP contribution in [0.25, 0.3) is 0 Å². The lowest BCUT2D eigenvalue weighted by Crippen LogP contribution is -2.61. The van der Waals surface area contributed by atoms with Gasteiger partial charge in [0.15, 0.2) is 12.1 Å². The van der Waals surface area contributed by atoms with Crippen LogP contribution < -0.4 is 11.1 Å². The largest absolute Gasteiger partial charge is 0.329 e. The molecule has 2 unspecified atom stereocenters. The zero-order chi connectivity index (χ0) is 20.0. The number of ketones is 1. The van der Waals surface area contributed by atoms with E-state index in [1.807, 2.05) is 23.1 Å². The molecule has 2 saturated heterocycles. The van der Waals surface area contributed by atoms with Crippen LogP contribution >= 0.6 is 0 Å². The molecule has 0 aromatic heterocycles. The highest BCUT2D eigenvalue weighted by Crippen LogP contribution is 2.32. The van der Waals surface area contributed by atoms with Crippen LogP contribution in [-0.2, 0) is 0 Å². The lowest BCUT2D eigenvalue weighted by molar-refractivity contribution is -0.0256. The molecule has 2 aliphatic heterocycles. The van der Waals surface area contributed by atoms with Crippen LogP contribution in [0.3, 0.4) is 0 Å². The highest BCUT2D eigenvalue weighted by Gasteiger charge is 2.40. The number of carbonyl (C=O) groups excluding carboxylic acids is 1. The van der Waals surface area contributed by atoms with Gasteiger partial charge >= 0.3 is 0 Å². The maximum Gasteiger partial charge on any atom is 0.179 e. The Morgan fingerprint density at radius 1 is 1.14 bits per heavy atom. The van der Waals surface area contributed by atoms with Crippen LogP contribution in [0.5, 0.6) is 0 Å². The predicted molar refractivity (Wildman–Crippen MR) is 111 cm³/mol. The van der Waals surface area contributed by atoms with E-state index in [1.165, 1.54) is 19.3 Å². The zero-order valence-corrected chi connectivity index (χ0v) is 17.1. The number of hydrogen-bond acceptors (Lipinski definition) is 5.